The molecule has 0 saturated carbocycles. The summed E-state index contributed by atoms with van der Waals surface area (Å²) < 4.78 is 4.54. The fourth-order valence-electron chi connectivity index (χ4n) is 0.534. The Labute approximate surface area is 74.5 Å². The molecule has 1 aromatic rings. The number of methoxy groups -OCH3 is 1. The van der Waals surface area contributed by atoms with E-state index in [1.165, 1.54) is 5.56 Å². The smallest absolute Gasteiger partial charge is 0.0433 e. The van der Waals surface area contributed by atoms with Gasteiger partial charge in [-0.1, -0.05) is 35.9 Å². The molecule has 0 aromatic heterocycles. The Morgan fingerprint density at radius 2 is 1.58 bits per heavy atom. The SMILES string of the molecule is CCOC.Cc1ccccc1.O. The molecule has 70 valence electrons. The van der Waals surface area contributed by atoms with Crippen LogP contribution in [0.2, 0.25) is 0 Å². The zero-order chi connectivity index (χ0) is 8.53. The molecule has 0 saturated heterocycles. The molecule has 0 fully saturated rings. The summed E-state index contributed by atoms with van der Waals surface area (Å²) in [6.07, 6.45) is 0. The summed E-state index contributed by atoms with van der Waals surface area (Å²) in [6, 6.07) is 10.3. The van der Waals surface area contributed by atoms with Gasteiger partial charge in [-0.2, -0.15) is 0 Å². The lowest BCUT2D eigenvalue weighted by Gasteiger charge is -1.82. The van der Waals surface area contributed by atoms with Crippen molar-refractivity contribution in [2.45, 2.75) is 13.8 Å². The van der Waals surface area contributed by atoms with Crippen LogP contribution < -0.4 is 0 Å². The summed E-state index contributed by atoms with van der Waals surface area (Å²) in [5.41, 5.74) is 1.32. The third-order valence-electron chi connectivity index (χ3n) is 1.23. The molecule has 0 radical (unpaired) electrons. The molecule has 0 aliphatic carbocycles. The van der Waals surface area contributed by atoms with Gasteiger partial charge in [-0.25, -0.2) is 0 Å². The third-order valence-corrected chi connectivity index (χ3v) is 1.23. The molecule has 2 heteroatoms. The zero-order valence-corrected chi connectivity index (χ0v) is 8.00. The molecule has 12 heavy (non-hydrogen) atoms. The molecular formula is C10H18O2. The fraction of sp³-hybridized carbons (Fsp3) is 0.400. The van der Waals surface area contributed by atoms with Crippen molar-refractivity contribution < 1.29 is 10.2 Å². The normalized spacial score (nSPS) is 7.58. The molecule has 0 atom stereocenters. The second-order valence-electron chi connectivity index (χ2n) is 2.23. The minimum absolute atomic E-state index is 0. The van der Waals surface area contributed by atoms with E-state index in [-0.39, 0.29) is 5.48 Å². The number of ether oxygens (including phenoxy) is 1. The van der Waals surface area contributed by atoms with Gasteiger partial charge in [-0.3, -0.25) is 0 Å². The molecule has 0 unspecified atom stereocenters. The molecule has 0 aliphatic heterocycles. The number of hydrogen-bond donors (Lipinski definition) is 0. The van der Waals surface area contributed by atoms with E-state index in [0.717, 1.165) is 6.61 Å². The first kappa shape index (κ1) is 13.7. The Bertz CT molecular complexity index is 159. The van der Waals surface area contributed by atoms with Crippen molar-refractivity contribution in [3.63, 3.8) is 0 Å². The van der Waals surface area contributed by atoms with Gasteiger partial charge in [-0.05, 0) is 13.8 Å². The third kappa shape index (κ3) is 9.14. The van der Waals surface area contributed by atoms with E-state index in [4.69, 9.17) is 0 Å². The quantitative estimate of drug-likeness (QED) is 0.633. The highest BCUT2D eigenvalue weighted by atomic mass is 16.5. The van der Waals surface area contributed by atoms with Gasteiger partial charge in [0.2, 0.25) is 0 Å². The van der Waals surface area contributed by atoms with Crippen molar-refractivity contribution >= 4 is 0 Å². The zero-order valence-electron chi connectivity index (χ0n) is 8.00. The van der Waals surface area contributed by atoms with Crippen molar-refractivity contribution in [1.29, 1.82) is 0 Å². The Hall–Kier alpha value is -0.860. The summed E-state index contributed by atoms with van der Waals surface area (Å²) in [7, 11) is 1.68. The monoisotopic (exact) mass is 170 g/mol. The highest BCUT2D eigenvalue weighted by molar-refractivity contribution is 5.11. The maximum atomic E-state index is 4.54. The van der Waals surface area contributed by atoms with Crippen LogP contribution in [0.3, 0.4) is 0 Å². The number of aryl methyl sites for hydroxylation is 1. The second-order valence-corrected chi connectivity index (χ2v) is 2.23. The molecule has 0 aliphatic rings. The van der Waals surface area contributed by atoms with E-state index < -0.39 is 0 Å². The summed E-state index contributed by atoms with van der Waals surface area (Å²) in [5, 5.41) is 0. The van der Waals surface area contributed by atoms with Crippen molar-refractivity contribution in [2.24, 2.45) is 0 Å². The maximum Gasteiger partial charge on any atom is 0.0433 e. The molecule has 0 amide bonds. The van der Waals surface area contributed by atoms with Crippen LogP contribution in [0.4, 0.5) is 0 Å². The van der Waals surface area contributed by atoms with Crippen LogP contribution in [-0.4, -0.2) is 19.2 Å². The van der Waals surface area contributed by atoms with Gasteiger partial charge >= 0.3 is 0 Å². The van der Waals surface area contributed by atoms with E-state index in [1.807, 2.05) is 25.1 Å². The lowest BCUT2D eigenvalue weighted by atomic mass is 10.2. The van der Waals surface area contributed by atoms with E-state index >= 15 is 0 Å². The van der Waals surface area contributed by atoms with Gasteiger partial charge in [0.25, 0.3) is 0 Å². The van der Waals surface area contributed by atoms with Crippen LogP contribution in [0.5, 0.6) is 0 Å². The van der Waals surface area contributed by atoms with Crippen LogP contribution in [0.15, 0.2) is 30.3 Å². The first-order valence-corrected chi connectivity index (χ1v) is 3.81. The first-order valence-electron chi connectivity index (χ1n) is 3.81. The summed E-state index contributed by atoms with van der Waals surface area (Å²) in [4.78, 5) is 0. The molecular weight excluding hydrogens is 152 g/mol. The number of rotatable bonds is 1. The largest absolute Gasteiger partial charge is 0.412 e. The molecule has 0 bridgehead atoms. The van der Waals surface area contributed by atoms with Crippen LogP contribution in [0.1, 0.15) is 12.5 Å². The number of benzene rings is 1. The Kier molecular flexibility index (Phi) is 11.6. The summed E-state index contributed by atoms with van der Waals surface area (Å²) >= 11 is 0. The topological polar surface area (TPSA) is 40.7 Å². The van der Waals surface area contributed by atoms with Gasteiger partial charge in [0.1, 0.15) is 0 Å². The van der Waals surface area contributed by atoms with Gasteiger partial charge in [0.15, 0.2) is 0 Å². The van der Waals surface area contributed by atoms with Crippen molar-refractivity contribution in [3.8, 4) is 0 Å². The van der Waals surface area contributed by atoms with Crippen molar-refractivity contribution in [2.75, 3.05) is 13.7 Å². The van der Waals surface area contributed by atoms with Crippen LogP contribution >= 0.6 is 0 Å². The Morgan fingerprint density at radius 3 is 1.75 bits per heavy atom. The van der Waals surface area contributed by atoms with Gasteiger partial charge in [-0.15, -0.1) is 0 Å². The van der Waals surface area contributed by atoms with Crippen LogP contribution in [0, 0.1) is 6.92 Å². The van der Waals surface area contributed by atoms with E-state index in [1.54, 1.807) is 7.11 Å². The fourth-order valence-corrected chi connectivity index (χ4v) is 0.534. The Morgan fingerprint density at radius 1 is 1.17 bits per heavy atom. The summed E-state index contributed by atoms with van der Waals surface area (Å²) in [6.45, 7) is 4.86. The molecule has 1 rings (SSSR count). The average Bonchev–Trinajstić information content (AvgIpc) is 2.07. The molecule has 0 heterocycles. The predicted molar refractivity (Wildman–Crippen MR) is 52.3 cm³/mol. The minimum atomic E-state index is 0. The van der Waals surface area contributed by atoms with E-state index in [0.29, 0.717) is 0 Å². The van der Waals surface area contributed by atoms with Gasteiger partial charge in [0.05, 0.1) is 0 Å². The van der Waals surface area contributed by atoms with Crippen molar-refractivity contribution in [1.82, 2.24) is 0 Å². The summed E-state index contributed by atoms with van der Waals surface area (Å²) in [5.74, 6) is 0. The minimum Gasteiger partial charge on any atom is -0.412 e. The second kappa shape index (κ2) is 10.1. The van der Waals surface area contributed by atoms with Crippen molar-refractivity contribution in [3.05, 3.63) is 35.9 Å². The average molecular weight is 170 g/mol. The molecule has 2 N–H and O–H groups in total. The molecule has 1 aromatic carbocycles. The van der Waals surface area contributed by atoms with E-state index in [2.05, 4.69) is 23.8 Å². The van der Waals surface area contributed by atoms with E-state index in [9.17, 15) is 0 Å². The Balaban J connectivity index is 0. The maximum absolute atomic E-state index is 4.54. The predicted octanol–water partition coefficient (Wildman–Crippen LogP) is 1.82. The highest BCUT2D eigenvalue weighted by Crippen LogP contribution is 1.92. The van der Waals surface area contributed by atoms with Crippen LogP contribution in [-0.2, 0) is 4.74 Å². The highest BCUT2D eigenvalue weighted by Gasteiger charge is 1.72. The first-order chi connectivity index (χ1) is 5.31. The lowest BCUT2D eigenvalue weighted by Crippen LogP contribution is -1.73. The molecule has 2 nitrogen and oxygen atoms in total. The van der Waals surface area contributed by atoms with Gasteiger partial charge in [0, 0.05) is 13.7 Å². The van der Waals surface area contributed by atoms with Gasteiger partial charge < -0.3 is 10.2 Å². The number of hydrogen-bond acceptors (Lipinski definition) is 1. The molecule has 0 spiro atoms. The van der Waals surface area contributed by atoms with Crippen LogP contribution in [0.25, 0.3) is 0 Å². The lowest BCUT2D eigenvalue weighted by molar-refractivity contribution is 0.215. The standard InChI is InChI=1S/C7H8.C3H8O.H2O/c1-7-5-3-2-4-6-7;1-3-4-2;/h2-6H,1H3;3H2,1-2H3;1H2.